The molecule has 0 fully saturated rings. The van der Waals surface area contributed by atoms with E-state index in [-0.39, 0.29) is 0 Å². The van der Waals surface area contributed by atoms with Crippen molar-refractivity contribution in [3.8, 4) is 22.8 Å². The van der Waals surface area contributed by atoms with E-state index in [1.807, 2.05) is 18.2 Å². The largest absolute Gasteiger partial charge is 0.497 e. The third-order valence-corrected chi connectivity index (χ3v) is 3.47. The molecule has 0 unspecified atom stereocenters. The van der Waals surface area contributed by atoms with Crippen LogP contribution in [-0.2, 0) is 0 Å². The molecule has 0 aliphatic heterocycles. The molecule has 0 aliphatic rings. The van der Waals surface area contributed by atoms with Gasteiger partial charge in [-0.3, -0.25) is 0 Å². The molecule has 2 N–H and O–H groups in total. The van der Waals surface area contributed by atoms with Crippen molar-refractivity contribution < 1.29 is 9.47 Å². The lowest BCUT2D eigenvalue weighted by Gasteiger charge is -2.19. The van der Waals surface area contributed by atoms with Gasteiger partial charge in [-0.2, -0.15) is 4.98 Å². The van der Waals surface area contributed by atoms with Crippen LogP contribution in [0.2, 0.25) is 0 Å². The van der Waals surface area contributed by atoms with Crippen molar-refractivity contribution in [3.05, 3.63) is 24.3 Å². The minimum Gasteiger partial charge on any atom is -0.497 e. The zero-order valence-electron chi connectivity index (χ0n) is 13.5. The van der Waals surface area contributed by atoms with Crippen LogP contribution in [0.25, 0.3) is 11.3 Å². The Morgan fingerprint density at radius 1 is 1.05 bits per heavy atom. The summed E-state index contributed by atoms with van der Waals surface area (Å²) in [5.41, 5.74) is 7.53. The summed E-state index contributed by atoms with van der Waals surface area (Å²) in [7, 11) is 3.24. The first-order valence-corrected chi connectivity index (χ1v) is 7.24. The lowest BCUT2D eigenvalue weighted by atomic mass is 10.1. The molecule has 6 nitrogen and oxygen atoms in total. The van der Waals surface area contributed by atoms with Crippen molar-refractivity contribution in [2.24, 2.45) is 0 Å². The highest BCUT2D eigenvalue weighted by molar-refractivity contribution is 5.71. The monoisotopic (exact) mass is 302 g/mol. The van der Waals surface area contributed by atoms with Crippen LogP contribution in [0.1, 0.15) is 13.8 Å². The zero-order chi connectivity index (χ0) is 16.1. The lowest BCUT2D eigenvalue weighted by Crippen LogP contribution is -2.24. The van der Waals surface area contributed by atoms with Gasteiger partial charge in [-0.25, -0.2) is 4.98 Å². The molecule has 2 aromatic rings. The minimum atomic E-state index is 0.435. The fourth-order valence-electron chi connectivity index (χ4n) is 2.25. The van der Waals surface area contributed by atoms with E-state index in [9.17, 15) is 0 Å². The topological polar surface area (TPSA) is 73.5 Å². The number of nitrogens with zero attached hydrogens (tertiary/aromatic N) is 3. The Morgan fingerprint density at radius 2 is 1.77 bits per heavy atom. The van der Waals surface area contributed by atoms with Gasteiger partial charge in [0.05, 0.1) is 19.9 Å². The summed E-state index contributed by atoms with van der Waals surface area (Å²) in [6.45, 7) is 5.76. The number of benzene rings is 1. The number of hydrogen-bond acceptors (Lipinski definition) is 6. The molecule has 0 bridgehead atoms. The molecule has 0 atom stereocenters. The second-order valence-electron chi connectivity index (χ2n) is 4.72. The number of hydrogen-bond donors (Lipinski definition) is 1. The van der Waals surface area contributed by atoms with Crippen molar-refractivity contribution >= 4 is 11.8 Å². The number of ether oxygens (including phenoxy) is 2. The van der Waals surface area contributed by atoms with E-state index < -0.39 is 0 Å². The van der Waals surface area contributed by atoms with Crippen LogP contribution in [0, 0.1) is 0 Å². The fraction of sp³-hybridized carbons (Fsp3) is 0.375. The van der Waals surface area contributed by atoms with Crippen LogP contribution in [0.5, 0.6) is 11.5 Å². The maximum atomic E-state index is 5.95. The number of rotatable bonds is 6. The fourth-order valence-corrected chi connectivity index (χ4v) is 2.25. The summed E-state index contributed by atoms with van der Waals surface area (Å²) in [5, 5.41) is 0. The van der Waals surface area contributed by atoms with E-state index >= 15 is 0 Å². The number of anilines is 2. The van der Waals surface area contributed by atoms with Crippen LogP contribution in [0.15, 0.2) is 24.3 Å². The Bertz CT molecular complexity index is 642. The Hall–Kier alpha value is -2.50. The third-order valence-electron chi connectivity index (χ3n) is 3.47. The molecule has 118 valence electrons. The average molecular weight is 302 g/mol. The molecule has 2 rings (SSSR count). The van der Waals surface area contributed by atoms with E-state index in [1.54, 1.807) is 20.3 Å². The van der Waals surface area contributed by atoms with Gasteiger partial charge >= 0.3 is 0 Å². The van der Waals surface area contributed by atoms with Gasteiger partial charge in [-0.05, 0) is 26.0 Å². The quantitative estimate of drug-likeness (QED) is 0.884. The molecule has 22 heavy (non-hydrogen) atoms. The van der Waals surface area contributed by atoms with Crippen molar-refractivity contribution in [1.29, 1.82) is 0 Å². The molecule has 0 radical (unpaired) electrons. The lowest BCUT2D eigenvalue weighted by molar-refractivity contribution is 0.395. The Balaban J connectivity index is 2.53. The SMILES string of the molecule is CCN(CC)c1nc(N)cc(-c2ccc(OC)cc2OC)n1. The molecule has 1 aromatic carbocycles. The summed E-state index contributed by atoms with van der Waals surface area (Å²) in [6, 6.07) is 7.35. The summed E-state index contributed by atoms with van der Waals surface area (Å²) in [5.74, 6) is 2.47. The highest BCUT2D eigenvalue weighted by Gasteiger charge is 2.13. The van der Waals surface area contributed by atoms with E-state index in [1.165, 1.54) is 0 Å². The van der Waals surface area contributed by atoms with Gasteiger partial charge in [0.15, 0.2) is 0 Å². The van der Waals surface area contributed by atoms with E-state index in [0.29, 0.717) is 17.5 Å². The first kappa shape index (κ1) is 15.9. The molecular formula is C16H22N4O2. The normalized spacial score (nSPS) is 10.4. The standard InChI is InChI=1S/C16H22N4O2/c1-5-20(6-2)16-18-13(10-15(17)19-16)12-8-7-11(21-3)9-14(12)22-4/h7-10H,5-6H2,1-4H3,(H2,17,18,19). The molecular weight excluding hydrogens is 280 g/mol. The van der Waals surface area contributed by atoms with Gasteiger partial charge in [0.25, 0.3) is 0 Å². The van der Waals surface area contributed by atoms with Crippen LogP contribution < -0.4 is 20.1 Å². The molecule has 0 spiro atoms. The zero-order valence-corrected chi connectivity index (χ0v) is 13.5. The molecule has 0 aliphatic carbocycles. The highest BCUT2D eigenvalue weighted by Crippen LogP contribution is 2.33. The maximum absolute atomic E-state index is 5.95. The number of aromatic nitrogens is 2. The smallest absolute Gasteiger partial charge is 0.227 e. The summed E-state index contributed by atoms with van der Waals surface area (Å²) >= 11 is 0. The number of nitrogens with two attached hydrogens (primary N) is 1. The average Bonchev–Trinajstić information content (AvgIpc) is 2.54. The van der Waals surface area contributed by atoms with Crippen LogP contribution >= 0.6 is 0 Å². The van der Waals surface area contributed by atoms with Crippen molar-refractivity contribution in [2.45, 2.75) is 13.8 Å². The first-order valence-electron chi connectivity index (χ1n) is 7.24. The van der Waals surface area contributed by atoms with E-state index in [4.69, 9.17) is 15.2 Å². The van der Waals surface area contributed by atoms with Crippen molar-refractivity contribution in [3.63, 3.8) is 0 Å². The second kappa shape index (κ2) is 6.98. The molecule has 0 saturated heterocycles. The minimum absolute atomic E-state index is 0.435. The highest BCUT2D eigenvalue weighted by atomic mass is 16.5. The van der Waals surface area contributed by atoms with Crippen LogP contribution in [0.4, 0.5) is 11.8 Å². The van der Waals surface area contributed by atoms with E-state index in [2.05, 4.69) is 28.7 Å². The summed E-state index contributed by atoms with van der Waals surface area (Å²) in [6.07, 6.45) is 0. The second-order valence-corrected chi connectivity index (χ2v) is 4.72. The van der Waals surface area contributed by atoms with Crippen molar-refractivity contribution in [1.82, 2.24) is 9.97 Å². The van der Waals surface area contributed by atoms with Crippen molar-refractivity contribution in [2.75, 3.05) is 37.9 Å². The molecule has 0 saturated carbocycles. The number of nitrogen functional groups attached to an aromatic ring is 1. The number of methoxy groups -OCH3 is 2. The van der Waals surface area contributed by atoms with Gasteiger partial charge in [-0.1, -0.05) is 0 Å². The van der Waals surface area contributed by atoms with Gasteiger partial charge in [-0.15, -0.1) is 0 Å². The van der Waals surface area contributed by atoms with Gasteiger partial charge in [0.2, 0.25) is 5.95 Å². The predicted octanol–water partition coefficient (Wildman–Crippen LogP) is 2.59. The van der Waals surface area contributed by atoms with Gasteiger partial charge in [0, 0.05) is 30.8 Å². The van der Waals surface area contributed by atoms with Crippen LogP contribution in [0.3, 0.4) is 0 Å². The van der Waals surface area contributed by atoms with Crippen LogP contribution in [-0.4, -0.2) is 37.3 Å². The maximum Gasteiger partial charge on any atom is 0.227 e. The Morgan fingerprint density at radius 3 is 2.36 bits per heavy atom. The third kappa shape index (κ3) is 3.21. The molecule has 0 amide bonds. The Labute approximate surface area is 130 Å². The molecule has 1 heterocycles. The Kier molecular flexibility index (Phi) is 5.04. The summed E-state index contributed by atoms with van der Waals surface area (Å²) in [4.78, 5) is 11.0. The van der Waals surface area contributed by atoms with Gasteiger partial charge in [0.1, 0.15) is 17.3 Å². The first-order chi connectivity index (χ1) is 10.6. The van der Waals surface area contributed by atoms with E-state index in [0.717, 1.165) is 30.1 Å². The predicted molar refractivity (Wildman–Crippen MR) is 88.5 cm³/mol. The van der Waals surface area contributed by atoms with Gasteiger partial charge < -0.3 is 20.1 Å². The molecule has 6 heteroatoms. The molecule has 1 aromatic heterocycles. The summed E-state index contributed by atoms with van der Waals surface area (Å²) < 4.78 is 10.7.